The Bertz CT molecular complexity index is 1020. The molecule has 0 aliphatic heterocycles. The minimum atomic E-state index is -1.40. The second kappa shape index (κ2) is 14.6. The third-order valence-electron chi connectivity index (χ3n) is 4.38. The van der Waals surface area contributed by atoms with Gasteiger partial charge in [-0.3, -0.25) is 0 Å². The summed E-state index contributed by atoms with van der Waals surface area (Å²) in [4.78, 5) is 20.5. The molecule has 0 aliphatic carbocycles. The molecular weight excluding hydrogens is 463 g/mol. The number of benzene rings is 4. The Labute approximate surface area is 223 Å². The molecule has 0 saturated heterocycles. The van der Waals surface area contributed by atoms with Gasteiger partial charge in [-0.1, -0.05) is 109 Å². The van der Waals surface area contributed by atoms with Gasteiger partial charge >= 0.3 is 37.7 Å². The molecule has 4 aromatic carbocycles. The molecule has 2 N–H and O–H groups in total. The predicted octanol–water partition coefficient (Wildman–Crippen LogP) is 0.653. The fourth-order valence-corrected chi connectivity index (χ4v) is 5.26. The Balaban J connectivity index is 0.000000342. The number of carbonyl (C=O) groups excluding carboxylic acids is 2. The molecule has 0 spiro atoms. The molecule has 0 radical (unpaired) electrons. The van der Waals surface area contributed by atoms with Crippen molar-refractivity contribution in [3.05, 3.63) is 126 Å². The van der Waals surface area contributed by atoms with E-state index >= 15 is 0 Å². The van der Waals surface area contributed by atoms with Crippen molar-refractivity contribution >= 4 is 73.5 Å². The topological polar surface area (TPSA) is 112 Å². The molecule has 33 heavy (non-hydrogen) atoms. The normalized spacial score (nSPS) is 9.48. The first-order valence-corrected chi connectivity index (χ1v) is 10.9. The van der Waals surface area contributed by atoms with Gasteiger partial charge in [-0.05, 0) is 41.0 Å². The zero-order chi connectivity index (χ0) is 22.1. The van der Waals surface area contributed by atoms with Crippen LogP contribution in [0.3, 0.4) is 0 Å². The first kappa shape index (κ1) is 28.5. The first-order chi connectivity index (χ1) is 15.1. The SMILES string of the molecule is O.O=C([O-])c1cccc(C(=O)[O-])c1.[Ca+2].c1ccc(P(c2ccccc2)c2ccccc2)cc1. The van der Waals surface area contributed by atoms with Gasteiger partial charge in [-0.2, -0.15) is 0 Å². The largest absolute Gasteiger partial charge is 2.00 e. The van der Waals surface area contributed by atoms with Crippen LogP contribution >= 0.6 is 7.92 Å². The van der Waals surface area contributed by atoms with Crippen molar-refractivity contribution in [1.82, 2.24) is 0 Å². The summed E-state index contributed by atoms with van der Waals surface area (Å²) in [6.45, 7) is 0. The van der Waals surface area contributed by atoms with Crippen molar-refractivity contribution in [3.8, 4) is 0 Å². The smallest absolute Gasteiger partial charge is 0.545 e. The zero-order valence-electron chi connectivity index (χ0n) is 17.8. The Morgan fingerprint density at radius 1 is 0.515 bits per heavy atom. The van der Waals surface area contributed by atoms with Crippen LogP contribution in [0.4, 0.5) is 0 Å². The van der Waals surface area contributed by atoms with E-state index in [0.717, 1.165) is 6.07 Å². The molecule has 0 atom stereocenters. The first-order valence-electron chi connectivity index (χ1n) is 9.54. The second-order valence-electron chi connectivity index (χ2n) is 6.50. The van der Waals surface area contributed by atoms with E-state index in [1.807, 2.05) is 0 Å². The van der Waals surface area contributed by atoms with Crippen molar-refractivity contribution in [1.29, 1.82) is 0 Å². The van der Waals surface area contributed by atoms with Crippen LogP contribution < -0.4 is 26.1 Å². The van der Waals surface area contributed by atoms with Gasteiger partial charge in [0.15, 0.2) is 0 Å². The molecular formula is C26H21CaO5P. The van der Waals surface area contributed by atoms with E-state index in [-0.39, 0.29) is 54.3 Å². The van der Waals surface area contributed by atoms with Gasteiger partial charge in [0.1, 0.15) is 0 Å². The molecule has 0 heterocycles. The number of aromatic carboxylic acids is 2. The summed E-state index contributed by atoms with van der Waals surface area (Å²) >= 11 is 0. The molecule has 0 fully saturated rings. The third kappa shape index (κ3) is 8.39. The van der Waals surface area contributed by atoms with E-state index in [9.17, 15) is 19.8 Å². The zero-order valence-corrected chi connectivity index (χ0v) is 20.9. The average Bonchev–Trinajstić information content (AvgIpc) is 2.82. The number of hydrogen-bond donors (Lipinski definition) is 0. The molecule has 162 valence electrons. The molecule has 0 saturated carbocycles. The van der Waals surface area contributed by atoms with Gasteiger partial charge in [0.25, 0.3) is 0 Å². The van der Waals surface area contributed by atoms with Crippen LogP contribution in [0.25, 0.3) is 0 Å². The summed E-state index contributed by atoms with van der Waals surface area (Å²) in [7, 11) is -0.446. The van der Waals surface area contributed by atoms with E-state index in [1.165, 1.54) is 34.1 Å². The van der Waals surface area contributed by atoms with E-state index in [0.29, 0.717) is 0 Å². The Morgan fingerprint density at radius 3 is 1.09 bits per heavy atom. The molecule has 5 nitrogen and oxygen atoms in total. The van der Waals surface area contributed by atoms with Crippen LogP contribution in [0.5, 0.6) is 0 Å². The fraction of sp³-hybridized carbons (Fsp3) is 0. The van der Waals surface area contributed by atoms with E-state index < -0.39 is 19.9 Å². The molecule has 0 unspecified atom stereocenters. The summed E-state index contributed by atoms with van der Waals surface area (Å²) < 4.78 is 0. The molecule has 0 aliphatic rings. The number of carboxylic acids is 2. The second-order valence-corrected chi connectivity index (χ2v) is 8.72. The average molecular weight is 485 g/mol. The monoisotopic (exact) mass is 484 g/mol. The minimum Gasteiger partial charge on any atom is -0.545 e. The van der Waals surface area contributed by atoms with Crippen LogP contribution in [0.1, 0.15) is 20.7 Å². The maximum absolute atomic E-state index is 10.3. The van der Waals surface area contributed by atoms with Crippen molar-refractivity contribution in [3.63, 3.8) is 0 Å². The van der Waals surface area contributed by atoms with Gasteiger partial charge in [0.2, 0.25) is 0 Å². The maximum Gasteiger partial charge on any atom is 2.00 e. The summed E-state index contributed by atoms with van der Waals surface area (Å²) in [5.74, 6) is -2.81. The van der Waals surface area contributed by atoms with Crippen LogP contribution in [0.2, 0.25) is 0 Å². The number of carbonyl (C=O) groups is 2. The van der Waals surface area contributed by atoms with Gasteiger partial charge in [-0.15, -0.1) is 0 Å². The Hall–Kier alpha value is -2.53. The van der Waals surface area contributed by atoms with Crippen molar-refractivity contribution in [2.45, 2.75) is 0 Å². The van der Waals surface area contributed by atoms with E-state index in [2.05, 4.69) is 91.0 Å². The number of carboxylic acid groups (broad SMARTS) is 2. The Morgan fingerprint density at radius 2 is 0.818 bits per heavy atom. The van der Waals surface area contributed by atoms with Gasteiger partial charge in [0.05, 0.1) is 11.9 Å². The summed E-state index contributed by atoms with van der Waals surface area (Å²) in [5, 5.41) is 24.7. The molecule has 4 rings (SSSR count). The molecule has 0 bridgehead atoms. The van der Waals surface area contributed by atoms with Crippen molar-refractivity contribution in [2.24, 2.45) is 0 Å². The summed E-state index contributed by atoms with van der Waals surface area (Å²) in [5.41, 5.74) is -0.339. The van der Waals surface area contributed by atoms with Gasteiger partial charge in [-0.25, -0.2) is 0 Å². The fourth-order valence-electron chi connectivity index (χ4n) is 2.95. The van der Waals surface area contributed by atoms with E-state index in [1.54, 1.807) is 0 Å². The third-order valence-corrected chi connectivity index (χ3v) is 6.82. The summed E-state index contributed by atoms with van der Waals surface area (Å²) in [6.07, 6.45) is 0. The molecule has 0 aromatic heterocycles. The van der Waals surface area contributed by atoms with E-state index in [4.69, 9.17) is 0 Å². The van der Waals surface area contributed by atoms with Crippen LogP contribution in [-0.4, -0.2) is 55.2 Å². The van der Waals surface area contributed by atoms with Gasteiger partial charge in [0, 0.05) is 0 Å². The van der Waals surface area contributed by atoms with Crippen molar-refractivity contribution in [2.75, 3.05) is 0 Å². The Kier molecular flexibility index (Phi) is 12.6. The molecule has 7 heteroatoms. The van der Waals surface area contributed by atoms with Crippen LogP contribution in [0, 0.1) is 0 Å². The van der Waals surface area contributed by atoms with Crippen LogP contribution in [-0.2, 0) is 0 Å². The predicted molar refractivity (Wildman–Crippen MR) is 130 cm³/mol. The number of rotatable bonds is 5. The van der Waals surface area contributed by atoms with Gasteiger partial charge < -0.3 is 25.3 Å². The quantitative estimate of drug-likeness (QED) is 0.306. The van der Waals surface area contributed by atoms with Crippen molar-refractivity contribution < 1.29 is 25.3 Å². The maximum atomic E-state index is 10.3. The standard InChI is InChI=1S/C18H15P.C8H6O4.Ca.H2O/c1-4-10-16(11-5-1)19(17-12-6-2-7-13-17)18-14-8-3-9-15-18;9-7(10)5-2-1-3-6(4-5)8(11)12;;/h1-15H;1-4H,(H,9,10)(H,11,12);;1H2/q;;+2;/p-2. The number of hydrogen-bond acceptors (Lipinski definition) is 4. The minimum absolute atomic E-state index is 0. The van der Waals surface area contributed by atoms with Crippen LogP contribution in [0.15, 0.2) is 115 Å². The summed E-state index contributed by atoms with van der Waals surface area (Å²) in [6, 6.07) is 37.1. The molecule has 0 amide bonds. The molecule has 4 aromatic rings.